The standard InChI is InChI=1S/C16H18N2O6S2/c1-10-2-4-11(5-3-10)18-12-8-26(22,23)9-13(12)25-16(18)17-14(19)6-24-7-15(20)21/h2-5,12-13H,6-9H2,1H3,(H,20,21)/t12-,13-/m1/s1. The van der Waals surface area contributed by atoms with E-state index in [1.54, 1.807) is 4.90 Å². The van der Waals surface area contributed by atoms with Crippen LogP contribution in [0.3, 0.4) is 0 Å². The zero-order valence-electron chi connectivity index (χ0n) is 14.0. The average molecular weight is 398 g/mol. The predicted molar refractivity (Wildman–Crippen MR) is 98.4 cm³/mol. The molecule has 1 aromatic rings. The molecule has 0 aliphatic carbocycles. The second kappa shape index (κ2) is 7.37. The summed E-state index contributed by atoms with van der Waals surface area (Å²) in [5, 5.41) is 8.77. The van der Waals surface area contributed by atoms with Gasteiger partial charge in [-0.2, -0.15) is 4.99 Å². The number of aliphatic imine (C=N–C) groups is 1. The number of nitrogens with zero attached hydrogens (tertiary/aromatic N) is 2. The molecule has 0 aromatic heterocycles. The molecule has 1 amide bonds. The number of carboxylic acid groups (broad SMARTS) is 1. The van der Waals surface area contributed by atoms with E-state index in [-0.39, 0.29) is 22.8 Å². The number of hydrogen-bond acceptors (Lipinski definition) is 6. The molecule has 3 rings (SSSR count). The normalized spacial score (nSPS) is 25.4. The van der Waals surface area contributed by atoms with Gasteiger partial charge in [-0.3, -0.25) is 4.79 Å². The maximum absolute atomic E-state index is 12.0. The van der Waals surface area contributed by atoms with Crippen molar-refractivity contribution in [1.82, 2.24) is 0 Å². The van der Waals surface area contributed by atoms with Gasteiger partial charge in [0.2, 0.25) is 0 Å². The molecule has 1 N–H and O–H groups in total. The molecular weight excluding hydrogens is 380 g/mol. The van der Waals surface area contributed by atoms with E-state index in [1.165, 1.54) is 11.8 Å². The van der Waals surface area contributed by atoms with Crippen molar-refractivity contribution < 1.29 is 27.9 Å². The van der Waals surface area contributed by atoms with E-state index in [0.717, 1.165) is 11.3 Å². The van der Waals surface area contributed by atoms with Crippen molar-refractivity contribution in [3.63, 3.8) is 0 Å². The smallest absolute Gasteiger partial charge is 0.329 e. The summed E-state index contributed by atoms with van der Waals surface area (Å²) in [6.45, 7) is 0.935. The lowest BCUT2D eigenvalue weighted by Crippen LogP contribution is -2.37. The Labute approximate surface area is 155 Å². The van der Waals surface area contributed by atoms with E-state index in [9.17, 15) is 18.0 Å². The van der Waals surface area contributed by atoms with Crippen LogP contribution in [-0.2, 0) is 24.2 Å². The first-order valence-electron chi connectivity index (χ1n) is 7.89. The number of carbonyl (C=O) groups excluding carboxylic acids is 1. The van der Waals surface area contributed by atoms with Crippen LogP contribution < -0.4 is 4.90 Å². The lowest BCUT2D eigenvalue weighted by molar-refractivity contribution is -0.143. The van der Waals surface area contributed by atoms with E-state index in [2.05, 4.69) is 4.99 Å². The highest BCUT2D eigenvalue weighted by atomic mass is 32.2. The third-order valence-corrected chi connectivity index (χ3v) is 7.26. The number of anilines is 1. The number of aliphatic carboxylic acids is 1. The Kier molecular flexibility index (Phi) is 5.35. The molecule has 8 nitrogen and oxygen atoms in total. The van der Waals surface area contributed by atoms with Gasteiger partial charge in [0, 0.05) is 10.9 Å². The molecule has 2 aliphatic rings. The number of carbonyl (C=O) groups is 2. The number of fused-ring (bicyclic) bond motifs is 1. The Morgan fingerprint density at radius 1 is 1.27 bits per heavy atom. The molecule has 2 saturated heterocycles. The summed E-state index contributed by atoms with van der Waals surface area (Å²) in [4.78, 5) is 28.3. The van der Waals surface area contributed by atoms with Crippen LogP contribution >= 0.6 is 11.8 Å². The van der Waals surface area contributed by atoms with Gasteiger partial charge in [-0.25, -0.2) is 13.2 Å². The lowest BCUT2D eigenvalue weighted by atomic mass is 10.1. The number of thioether (sulfide) groups is 1. The number of rotatable bonds is 5. The maximum Gasteiger partial charge on any atom is 0.329 e. The molecule has 2 atom stereocenters. The van der Waals surface area contributed by atoms with Crippen LogP contribution in [0.2, 0.25) is 0 Å². The molecule has 0 radical (unpaired) electrons. The van der Waals surface area contributed by atoms with Crippen molar-refractivity contribution in [3.05, 3.63) is 29.8 Å². The van der Waals surface area contributed by atoms with Crippen LogP contribution in [0, 0.1) is 6.92 Å². The van der Waals surface area contributed by atoms with E-state index in [4.69, 9.17) is 9.84 Å². The molecule has 0 saturated carbocycles. The van der Waals surface area contributed by atoms with Crippen molar-refractivity contribution >= 4 is 44.3 Å². The van der Waals surface area contributed by atoms with Crippen LogP contribution in [0.1, 0.15) is 5.56 Å². The SMILES string of the molecule is Cc1ccc(N2C(=NC(=O)COCC(=O)O)S[C@@H]3CS(=O)(=O)C[C@H]32)cc1. The van der Waals surface area contributed by atoms with E-state index < -0.39 is 34.9 Å². The highest BCUT2D eigenvalue weighted by Crippen LogP contribution is 2.40. The van der Waals surface area contributed by atoms with Crippen LogP contribution in [0.15, 0.2) is 29.3 Å². The first-order chi connectivity index (χ1) is 12.2. The summed E-state index contributed by atoms with van der Waals surface area (Å²) in [7, 11) is -3.12. The van der Waals surface area contributed by atoms with Crippen molar-refractivity contribution in [1.29, 1.82) is 0 Å². The molecule has 2 fully saturated rings. The Bertz CT molecular complexity index is 850. The Hall–Kier alpha value is -1.91. The van der Waals surface area contributed by atoms with Gasteiger partial charge in [0.05, 0.1) is 17.5 Å². The van der Waals surface area contributed by atoms with Crippen LogP contribution in [-0.4, -0.2) is 66.6 Å². The van der Waals surface area contributed by atoms with Crippen LogP contribution in [0.5, 0.6) is 0 Å². The number of aryl methyl sites for hydroxylation is 1. The minimum Gasteiger partial charge on any atom is -0.480 e. The zero-order chi connectivity index (χ0) is 18.9. The van der Waals surface area contributed by atoms with Gasteiger partial charge in [0.1, 0.15) is 13.2 Å². The Morgan fingerprint density at radius 3 is 2.62 bits per heavy atom. The predicted octanol–water partition coefficient (Wildman–Crippen LogP) is 0.698. The van der Waals surface area contributed by atoms with Crippen molar-refractivity contribution in [2.45, 2.75) is 18.2 Å². The van der Waals surface area contributed by atoms with Crippen LogP contribution in [0.25, 0.3) is 0 Å². The fourth-order valence-corrected chi connectivity index (χ4v) is 6.87. The zero-order valence-corrected chi connectivity index (χ0v) is 15.6. The molecule has 0 spiro atoms. The molecule has 2 heterocycles. The Morgan fingerprint density at radius 2 is 1.96 bits per heavy atom. The van der Waals surface area contributed by atoms with Crippen molar-refractivity contribution in [2.24, 2.45) is 4.99 Å². The first kappa shape index (κ1) is 18.9. The highest BCUT2D eigenvalue weighted by molar-refractivity contribution is 8.16. The first-order valence-corrected chi connectivity index (χ1v) is 10.6. The number of amides is 1. The van der Waals surface area contributed by atoms with E-state index in [1.807, 2.05) is 31.2 Å². The van der Waals surface area contributed by atoms with Crippen molar-refractivity contribution in [3.8, 4) is 0 Å². The van der Waals surface area contributed by atoms with Gasteiger partial charge < -0.3 is 14.7 Å². The molecule has 26 heavy (non-hydrogen) atoms. The van der Waals surface area contributed by atoms with Gasteiger partial charge in [-0.1, -0.05) is 29.5 Å². The number of amidine groups is 1. The third-order valence-electron chi connectivity index (χ3n) is 4.05. The van der Waals surface area contributed by atoms with Crippen molar-refractivity contribution in [2.75, 3.05) is 29.6 Å². The topological polar surface area (TPSA) is 113 Å². The molecule has 0 unspecified atom stereocenters. The largest absolute Gasteiger partial charge is 0.480 e. The second-order valence-corrected chi connectivity index (χ2v) is 9.54. The maximum atomic E-state index is 12.0. The summed E-state index contributed by atoms with van der Waals surface area (Å²) >= 11 is 1.26. The van der Waals surface area contributed by atoms with E-state index in [0.29, 0.717) is 5.17 Å². The fraction of sp³-hybridized carbons (Fsp3) is 0.438. The molecule has 140 valence electrons. The summed E-state index contributed by atoms with van der Waals surface area (Å²) in [6, 6.07) is 7.27. The molecule has 10 heteroatoms. The molecule has 2 aliphatic heterocycles. The number of benzene rings is 1. The number of carboxylic acids is 1. The third kappa shape index (κ3) is 4.25. The van der Waals surface area contributed by atoms with Gasteiger partial charge in [-0.15, -0.1) is 0 Å². The number of ether oxygens (including phenoxy) is 1. The Balaban J connectivity index is 1.84. The minimum absolute atomic E-state index is 0.0151. The lowest BCUT2D eigenvalue weighted by Gasteiger charge is -2.24. The highest BCUT2D eigenvalue weighted by Gasteiger charge is 2.49. The summed E-state index contributed by atoms with van der Waals surface area (Å²) < 4.78 is 28.7. The minimum atomic E-state index is -3.12. The van der Waals surface area contributed by atoms with Gasteiger partial charge in [0.15, 0.2) is 15.0 Å². The van der Waals surface area contributed by atoms with Crippen LogP contribution in [0.4, 0.5) is 5.69 Å². The number of sulfone groups is 1. The number of hydrogen-bond donors (Lipinski definition) is 1. The fourth-order valence-electron chi connectivity index (χ4n) is 2.94. The van der Waals surface area contributed by atoms with Gasteiger partial charge in [-0.05, 0) is 19.1 Å². The monoisotopic (exact) mass is 398 g/mol. The van der Waals surface area contributed by atoms with E-state index >= 15 is 0 Å². The second-order valence-electron chi connectivity index (χ2n) is 6.18. The quantitative estimate of drug-likeness (QED) is 0.771. The summed E-state index contributed by atoms with van der Waals surface area (Å²) in [5.74, 6) is -1.70. The molecule has 0 bridgehead atoms. The molecule has 1 aromatic carbocycles. The van der Waals surface area contributed by atoms with Gasteiger partial charge in [0.25, 0.3) is 5.91 Å². The average Bonchev–Trinajstić information content (AvgIpc) is 2.99. The molecular formula is C16H18N2O6S2. The summed E-state index contributed by atoms with van der Waals surface area (Å²) in [6.07, 6.45) is 0. The van der Waals surface area contributed by atoms with Gasteiger partial charge >= 0.3 is 5.97 Å². The summed E-state index contributed by atoms with van der Waals surface area (Å²) in [5.41, 5.74) is 1.83.